The molecule has 76 valence electrons. The predicted octanol–water partition coefficient (Wildman–Crippen LogP) is 0.645. The molecule has 1 aliphatic carbocycles. The van der Waals surface area contributed by atoms with Gasteiger partial charge in [0, 0.05) is 13.0 Å². The van der Waals surface area contributed by atoms with Gasteiger partial charge < -0.3 is 14.6 Å². The number of methoxy groups -OCH3 is 1. The maximum absolute atomic E-state index is 10.8. The number of rotatable bonds is 4. The third-order valence-electron chi connectivity index (χ3n) is 2.09. The van der Waals surface area contributed by atoms with Crippen LogP contribution >= 0.6 is 0 Å². The summed E-state index contributed by atoms with van der Waals surface area (Å²) in [5, 5.41) is 8.85. The molecule has 2 unspecified atom stereocenters. The highest BCUT2D eigenvalue weighted by Crippen LogP contribution is 2.21. The zero-order valence-corrected chi connectivity index (χ0v) is 7.84. The van der Waals surface area contributed by atoms with Gasteiger partial charge in [0.2, 0.25) is 0 Å². The standard InChI is InChI=1S/C10H12O4/c1-14-6-7-2-3-8(5-11)9(4-7)10(12)13/h2-5,8-9H,6H2,1H3,(H,12,13). The van der Waals surface area contributed by atoms with Crippen LogP contribution < -0.4 is 0 Å². The highest BCUT2D eigenvalue weighted by atomic mass is 16.5. The average Bonchev–Trinajstić information content (AvgIpc) is 2.18. The van der Waals surface area contributed by atoms with Gasteiger partial charge in [0.05, 0.1) is 12.5 Å². The first-order chi connectivity index (χ1) is 6.69. The number of carbonyl (C=O) groups is 2. The van der Waals surface area contributed by atoms with Gasteiger partial charge >= 0.3 is 5.97 Å². The lowest BCUT2D eigenvalue weighted by Crippen LogP contribution is -2.24. The Labute approximate surface area is 81.9 Å². The van der Waals surface area contributed by atoms with E-state index in [9.17, 15) is 9.59 Å². The van der Waals surface area contributed by atoms with E-state index in [2.05, 4.69) is 0 Å². The Morgan fingerprint density at radius 2 is 2.43 bits per heavy atom. The lowest BCUT2D eigenvalue weighted by molar-refractivity contribution is -0.142. The van der Waals surface area contributed by atoms with E-state index in [1.54, 1.807) is 18.2 Å². The summed E-state index contributed by atoms with van der Waals surface area (Å²) in [7, 11) is 1.54. The molecule has 4 heteroatoms. The Morgan fingerprint density at radius 1 is 1.71 bits per heavy atom. The lowest BCUT2D eigenvalue weighted by Gasteiger charge is -2.17. The second-order valence-corrected chi connectivity index (χ2v) is 3.11. The summed E-state index contributed by atoms with van der Waals surface area (Å²) >= 11 is 0. The fourth-order valence-electron chi connectivity index (χ4n) is 1.38. The van der Waals surface area contributed by atoms with Gasteiger partial charge in [-0.25, -0.2) is 0 Å². The lowest BCUT2D eigenvalue weighted by atomic mass is 9.87. The van der Waals surface area contributed by atoms with Gasteiger partial charge in [0.25, 0.3) is 0 Å². The number of aliphatic carboxylic acids is 1. The Kier molecular flexibility index (Phi) is 3.59. The molecular formula is C10H12O4. The van der Waals surface area contributed by atoms with Gasteiger partial charge in [-0.2, -0.15) is 0 Å². The smallest absolute Gasteiger partial charge is 0.311 e. The number of carboxylic acid groups (broad SMARTS) is 1. The number of carbonyl (C=O) groups excluding carboxylic acids is 1. The molecule has 1 N–H and O–H groups in total. The number of hydrogen-bond acceptors (Lipinski definition) is 3. The topological polar surface area (TPSA) is 63.6 Å². The molecule has 0 radical (unpaired) electrons. The molecule has 0 aliphatic heterocycles. The Morgan fingerprint density at radius 3 is 2.93 bits per heavy atom. The quantitative estimate of drug-likeness (QED) is 0.670. The monoisotopic (exact) mass is 196 g/mol. The van der Waals surface area contributed by atoms with Crippen LogP contribution in [0.5, 0.6) is 0 Å². The third kappa shape index (κ3) is 2.29. The van der Waals surface area contributed by atoms with Crippen LogP contribution in [0.1, 0.15) is 0 Å². The molecule has 0 aromatic heterocycles. The van der Waals surface area contributed by atoms with Crippen LogP contribution in [-0.2, 0) is 14.3 Å². The molecule has 1 aliphatic rings. The molecule has 0 fully saturated rings. The van der Waals surface area contributed by atoms with E-state index in [0.717, 1.165) is 5.57 Å². The summed E-state index contributed by atoms with van der Waals surface area (Å²) in [6, 6.07) is 0. The predicted molar refractivity (Wildman–Crippen MR) is 49.8 cm³/mol. The van der Waals surface area contributed by atoms with Crippen molar-refractivity contribution in [3.05, 3.63) is 23.8 Å². The molecule has 0 aromatic carbocycles. The van der Waals surface area contributed by atoms with Crippen molar-refractivity contribution >= 4 is 12.3 Å². The molecule has 0 aromatic rings. The third-order valence-corrected chi connectivity index (χ3v) is 2.09. The van der Waals surface area contributed by atoms with E-state index < -0.39 is 17.8 Å². The summed E-state index contributed by atoms with van der Waals surface area (Å²) in [4.78, 5) is 21.4. The minimum absolute atomic E-state index is 0.367. The van der Waals surface area contributed by atoms with Crippen molar-refractivity contribution in [1.29, 1.82) is 0 Å². The first-order valence-corrected chi connectivity index (χ1v) is 4.25. The summed E-state index contributed by atoms with van der Waals surface area (Å²) in [5.41, 5.74) is 0.790. The van der Waals surface area contributed by atoms with Crippen molar-refractivity contribution in [3.63, 3.8) is 0 Å². The fourth-order valence-corrected chi connectivity index (χ4v) is 1.38. The van der Waals surface area contributed by atoms with E-state index >= 15 is 0 Å². The molecule has 0 saturated carbocycles. The van der Waals surface area contributed by atoms with Crippen molar-refractivity contribution in [1.82, 2.24) is 0 Å². The average molecular weight is 196 g/mol. The van der Waals surface area contributed by atoms with Gasteiger partial charge in [-0.15, -0.1) is 0 Å². The van der Waals surface area contributed by atoms with Gasteiger partial charge in [0.15, 0.2) is 0 Å². The second kappa shape index (κ2) is 4.72. The van der Waals surface area contributed by atoms with Gasteiger partial charge in [-0.05, 0) is 5.57 Å². The molecule has 0 amide bonds. The second-order valence-electron chi connectivity index (χ2n) is 3.11. The number of allylic oxidation sites excluding steroid dienone is 1. The van der Waals surface area contributed by atoms with Gasteiger partial charge in [-0.1, -0.05) is 18.2 Å². The molecule has 2 atom stereocenters. The molecule has 4 nitrogen and oxygen atoms in total. The summed E-state index contributed by atoms with van der Waals surface area (Å²) in [6.45, 7) is 0.367. The Balaban J connectivity index is 2.82. The van der Waals surface area contributed by atoms with Crippen LogP contribution in [0.2, 0.25) is 0 Å². The number of ether oxygens (including phenoxy) is 1. The number of carboxylic acids is 1. The zero-order valence-electron chi connectivity index (χ0n) is 7.84. The molecule has 0 saturated heterocycles. The summed E-state index contributed by atoms with van der Waals surface area (Å²) < 4.78 is 4.88. The van der Waals surface area contributed by atoms with Crippen LogP contribution in [0.4, 0.5) is 0 Å². The van der Waals surface area contributed by atoms with Crippen molar-refractivity contribution in [2.75, 3.05) is 13.7 Å². The Hall–Kier alpha value is -1.42. The van der Waals surface area contributed by atoms with Gasteiger partial charge in [-0.3, -0.25) is 4.79 Å². The maximum atomic E-state index is 10.8. The first kappa shape index (κ1) is 10.7. The van der Waals surface area contributed by atoms with Crippen LogP contribution in [-0.4, -0.2) is 31.1 Å². The molecule has 14 heavy (non-hydrogen) atoms. The zero-order chi connectivity index (χ0) is 10.6. The molecule has 0 spiro atoms. The molecule has 0 bridgehead atoms. The number of aldehydes is 1. The van der Waals surface area contributed by atoms with Crippen molar-refractivity contribution < 1.29 is 19.4 Å². The van der Waals surface area contributed by atoms with Crippen molar-refractivity contribution in [2.24, 2.45) is 11.8 Å². The highest BCUT2D eigenvalue weighted by molar-refractivity contribution is 5.79. The molecular weight excluding hydrogens is 184 g/mol. The van der Waals surface area contributed by atoms with E-state index in [1.165, 1.54) is 7.11 Å². The molecule has 1 rings (SSSR count). The van der Waals surface area contributed by atoms with Crippen LogP contribution in [0.15, 0.2) is 23.8 Å². The highest BCUT2D eigenvalue weighted by Gasteiger charge is 2.26. The summed E-state index contributed by atoms with van der Waals surface area (Å²) in [6.07, 6.45) is 5.53. The maximum Gasteiger partial charge on any atom is 0.311 e. The largest absolute Gasteiger partial charge is 0.481 e. The van der Waals surface area contributed by atoms with Crippen LogP contribution in [0.25, 0.3) is 0 Å². The summed E-state index contributed by atoms with van der Waals surface area (Å²) in [5.74, 6) is -2.31. The fraction of sp³-hybridized carbons (Fsp3) is 0.400. The normalized spacial score (nSPS) is 25.6. The van der Waals surface area contributed by atoms with Crippen molar-refractivity contribution in [2.45, 2.75) is 0 Å². The first-order valence-electron chi connectivity index (χ1n) is 4.25. The SMILES string of the molecule is COCC1=CC(C(=O)O)C(C=O)C=C1. The van der Waals surface area contributed by atoms with Crippen molar-refractivity contribution in [3.8, 4) is 0 Å². The van der Waals surface area contributed by atoms with Gasteiger partial charge in [0.1, 0.15) is 6.29 Å². The van der Waals surface area contributed by atoms with E-state index in [-0.39, 0.29) is 0 Å². The van der Waals surface area contributed by atoms with E-state index in [0.29, 0.717) is 12.9 Å². The Bertz CT molecular complexity index is 290. The van der Waals surface area contributed by atoms with E-state index in [4.69, 9.17) is 9.84 Å². The number of hydrogen-bond donors (Lipinski definition) is 1. The minimum Gasteiger partial charge on any atom is -0.481 e. The molecule has 0 heterocycles. The van der Waals surface area contributed by atoms with Crippen LogP contribution in [0, 0.1) is 11.8 Å². The minimum atomic E-state index is -0.986. The van der Waals surface area contributed by atoms with Crippen LogP contribution in [0.3, 0.4) is 0 Å². The van der Waals surface area contributed by atoms with E-state index in [1.807, 2.05) is 0 Å².